The molecule has 5 nitrogen and oxygen atoms in total. The molecule has 1 N–H and O–H groups in total. The summed E-state index contributed by atoms with van der Waals surface area (Å²) in [6.45, 7) is 4.02. The Labute approximate surface area is 88.0 Å². The lowest BCUT2D eigenvalue weighted by Crippen LogP contribution is -2.48. The number of carbonyl (C=O) groups is 2. The number of aliphatic carboxylic acids is 1. The van der Waals surface area contributed by atoms with Gasteiger partial charge in [-0.05, 0) is 26.7 Å². The van der Waals surface area contributed by atoms with E-state index in [9.17, 15) is 9.59 Å². The van der Waals surface area contributed by atoms with Crippen molar-refractivity contribution in [1.29, 1.82) is 0 Å². The van der Waals surface area contributed by atoms with Crippen LogP contribution in [0.1, 0.15) is 26.7 Å². The van der Waals surface area contributed by atoms with Gasteiger partial charge < -0.3 is 14.7 Å². The van der Waals surface area contributed by atoms with Crippen LogP contribution in [-0.2, 0) is 9.53 Å². The van der Waals surface area contributed by atoms with Gasteiger partial charge in [0.1, 0.15) is 5.60 Å². The molecule has 0 aromatic rings. The molecule has 2 aliphatic rings. The highest BCUT2D eigenvalue weighted by molar-refractivity contribution is 5.75. The summed E-state index contributed by atoms with van der Waals surface area (Å²) < 4.78 is 5.22. The van der Waals surface area contributed by atoms with Crippen LogP contribution in [-0.4, -0.2) is 40.3 Å². The molecule has 0 aromatic carbocycles. The summed E-state index contributed by atoms with van der Waals surface area (Å²) in [7, 11) is 0. The lowest BCUT2D eigenvalue weighted by Gasteiger charge is -2.35. The number of piperidine rings is 1. The number of cyclic esters (lactones) is 1. The molecule has 1 amide bonds. The van der Waals surface area contributed by atoms with Crippen LogP contribution in [0.3, 0.4) is 0 Å². The third-order valence-electron chi connectivity index (χ3n) is 3.32. The number of carboxylic acids is 1. The van der Waals surface area contributed by atoms with Crippen molar-refractivity contribution in [3.8, 4) is 0 Å². The zero-order chi connectivity index (χ0) is 11.2. The van der Waals surface area contributed by atoms with Gasteiger partial charge in [-0.25, -0.2) is 4.79 Å². The highest BCUT2D eigenvalue weighted by Gasteiger charge is 2.50. The van der Waals surface area contributed by atoms with Crippen LogP contribution >= 0.6 is 0 Å². The number of ether oxygens (including phenoxy) is 1. The molecule has 2 atom stereocenters. The SMILES string of the molecule is CC1(C)OC(=O)N2CC(C(=O)O)CCC21. The maximum absolute atomic E-state index is 11.5. The van der Waals surface area contributed by atoms with Crippen LogP contribution in [0.5, 0.6) is 0 Å². The van der Waals surface area contributed by atoms with Crippen molar-refractivity contribution in [3.05, 3.63) is 0 Å². The fourth-order valence-corrected chi connectivity index (χ4v) is 2.45. The Morgan fingerprint density at radius 2 is 2.20 bits per heavy atom. The van der Waals surface area contributed by atoms with Crippen LogP contribution in [0.15, 0.2) is 0 Å². The van der Waals surface area contributed by atoms with Crippen molar-refractivity contribution in [2.45, 2.75) is 38.3 Å². The minimum atomic E-state index is -0.828. The van der Waals surface area contributed by atoms with E-state index >= 15 is 0 Å². The molecule has 2 heterocycles. The molecule has 0 bridgehead atoms. The van der Waals surface area contributed by atoms with E-state index in [1.165, 1.54) is 0 Å². The first-order valence-electron chi connectivity index (χ1n) is 5.14. The van der Waals surface area contributed by atoms with Gasteiger partial charge in [0, 0.05) is 6.54 Å². The van der Waals surface area contributed by atoms with Crippen molar-refractivity contribution in [1.82, 2.24) is 4.90 Å². The van der Waals surface area contributed by atoms with Gasteiger partial charge in [-0.2, -0.15) is 0 Å². The maximum atomic E-state index is 11.5. The highest BCUT2D eigenvalue weighted by atomic mass is 16.6. The first-order valence-corrected chi connectivity index (χ1v) is 5.14. The normalized spacial score (nSPS) is 33.5. The van der Waals surface area contributed by atoms with Crippen LogP contribution in [0.25, 0.3) is 0 Å². The van der Waals surface area contributed by atoms with E-state index in [0.717, 1.165) is 0 Å². The fourth-order valence-electron chi connectivity index (χ4n) is 2.45. The number of hydrogen-bond acceptors (Lipinski definition) is 3. The van der Waals surface area contributed by atoms with E-state index in [1.54, 1.807) is 4.90 Å². The lowest BCUT2D eigenvalue weighted by molar-refractivity contribution is -0.143. The summed E-state index contributed by atoms with van der Waals surface area (Å²) in [5.41, 5.74) is -0.486. The van der Waals surface area contributed by atoms with Crippen LogP contribution < -0.4 is 0 Å². The minimum absolute atomic E-state index is 0.0283. The van der Waals surface area contributed by atoms with Crippen molar-refractivity contribution in [2.75, 3.05) is 6.54 Å². The number of nitrogens with zero attached hydrogens (tertiary/aromatic N) is 1. The Kier molecular flexibility index (Phi) is 2.13. The second kappa shape index (κ2) is 3.12. The van der Waals surface area contributed by atoms with E-state index < -0.39 is 17.5 Å². The third-order valence-corrected chi connectivity index (χ3v) is 3.32. The highest BCUT2D eigenvalue weighted by Crippen LogP contribution is 2.37. The quantitative estimate of drug-likeness (QED) is 0.707. The standard InChI is InChI=1S/C10H15NO4/c1-10(2)7-4-3-6(8(12)13)5-11(7)9(14)15-10/h6-7H,3-5H2,1-2H3,(H,12,13). The molecule has 0 aromatic heterocycles. The monoisotopic (exact) mass is 213 g/mol. The number of fused-ring (bicyclic) bond motifs is 1. The molecule has 84 valence electrons. The maximum Gasteiger partial charge on any atom is 0.410 e. The van der Waals surface area contributed by atoms with Gasteiger partial charge in [-0.3, -0.25) is 4.79 Å². The van der Waals surface area contributed by atoms with Crippen molar-refractivity contribution >= 4 is 12.1 Å². The summed E-state index contributed by atoms with van der Waals surface area (Å²) in [6, 6.07) is 0.0283. The van der Waals surface area contributed by atoms with Gasteiger partial charge in [-0.15, -0.1) is 0 Å². The van der Waals surface area contributed by atoms with E-state index in [2.05, 4.69) is 0 Å². The fraction of sp³-hybridized carbons (Fsp3) is 0.800. The first-order chi connectivity index (χ1) is 6.92. The first kappa shape index (κ1) is 10.3. The molecule has 2 fully saturated rings. The van der Waals surface area contributed by atoms with E-state index in [4.69, 9.17) is 9.84 Å². The second-order valence-corrected chi connectivity index (χ2v) is 4.75. The topological polar surface area (TPSA) is 66.8 Å². The van der Waals surface area contributed by atoms with Gasteiger partial charge in [0.15, 0.2) is 0 Å². The Morgan fingerprint density at radius 3 is 2.80 bits per heavy atom. The number of amides is 1. The molecule has 2 aliphatic heterocycles. The number of carboxylic acid groups (broad SMARTS) is 1. The Balaban J connectivity index is 2.16. The van der Waals surface area contributed by atoms with Crippen LogP contribution in [0, 0.1) is 5.92 Å². The summed E-state index contributed by atoms with van der Waals surface area (Å²) >= 11 is 0. The summed E-state index contributed by atoms with van der Waals surface area (Å²) in [5.74, 6) is -1.27. The molecule has 2 saturated heterocycles. The largest absolute Gasteiger partial charge is 0.481 e. The average molecular weight is 213 g/mol. The molecule has 5 heteroatoms. The summed E-state index contributed by atoms with van der Waals surface area (Å²) in [4.78, 5) is 23.9. The van der Waals surface area contributed by atoms with Crippen molar-refractivity contribution in [3.63, 3.8) is 0 Å². The van der Waals surface area contributed by atoms with Gasteiger partial charge >= 0.3 is 12.1 Å². The number of rotatable bonds is 1. The molecule has 2 rings (SSSR count). The van der Waals surface area contributed by atoms with Gasteiger partial charge in [0.2, 0.25) is 0 Å². The molecule has 0 spiro atoms. The predicted octanol–water partition coefficient (Wildman–Crippen LogP) is 1.08. The molecular weight excluding hydrogens is 198 g/mol. The van der Waals surface area contributed by atoms with E-state index in [1.807, 2.05) is 13.8 Å². The zero-order valence-corrected chi connectivity index (χ0v) is 8.90. The summed E-state index contributed by atoms with van der Waals surface area (Å²) in [6.07, 6.45) is 0.947. The van der Waals surface area contributed by atoms with Crippen molar-refractivity contribution < 1.29 is 19.4 Å². The molecule has 0 radical (unpaired) electrons. The Morgan fingerprint density at radius 1 is 1.53 bits per heavy atom. The molecule has 0 aliphatic carbocycles. The van der Waals surface area contributed by atoms with Crippen LogP contribution in [0.2, 0.25) is 0 Å². The third kappa shape index (κ3) is 1.56. The molecule has 15 heavy (non-hydrogen) atoms. The lowest BCUT2D eigenvalue weighted by atomic mass is 9.86. The number of carbonyl (C=O) groups excluding carboxylic acids is 1. The van der Waals surface area contributed by atoms with Gasteiger partial charge in [0.25, 0.3) is 0 Å². The van der Waals surface area contributed by atoms with Gasteiger partial charge in [-0.1, -0.05) is 0 Å². The van der Waals surface area contributed by atoms with E-state index in [-0.39, 0.29) is 18.7 Å². The van der Waals surface area contributed by atoms with Gasteiger partial charge in [0.05, 0.1) is 12.0 Å². The van der Waals surface area contributed by atoms with Crippen molar-refractivity contribution in [2.24, 2.45) is 5.92 Å². The average Bonchev–Trinajstić information content (AvgIpc) is 2.37. The zero-order valence-electron chi connectivity index (χ0n) is 8.90. The molecule has 2 unspecified atom stereocenters. The number of hydrogen-bond donors (Lipinski definition) is 1. The Hall–Kier alpha value is -1.26. The molecular formula is C10H15NO4. The minimum Gasteiger partial charge on any atom is -0.481 e. The molecule has 0 saturated carbocycles. The second-order valence-electron chi connectivity index (χ2n) is 4.75. The predicted molar refractivity (Wildman–Crippen MR) is 51.4 cm³/mol. The Bertz CT molecular complexity index is 313. The summed E-state index contributed by atoms with van der Waals surface area (Å²) in [5, 5.41) is 8.90. The smallest absolute Gasteiger partial charge is 0.410 e. The van der Waals surface area contributed by atoms with E-state index in [0.29, 0.717) is 12.8 Å². The van der Waals surface area contributed by atoms with Crippen LogP contribution in [0.4, 0.5) is 4.79 Å².